The maximum absolute atomic E-state index is 12.8. The van der Waals surface area contributed by atoms with Crippen LogP contribution < -0.4 is 5.32 Å². The van der Waals surface area contributed by atoms with E-state index in [-0.39, 0.29) is 11.9 Å². The predicted octanol–water partition coefficient (Wildman–Crippen LogP) is 4.82. The molecule has 2 aromatic carbocycles. The monoisotopic (exact) mass is 400 g/mol. The van der Waals surface area contributed by atoms with Gasteiger partial charge in [0.1, 0.15) is 5.25 Å². The van der Waals surface area contributed by atoms with Gasteiger partial charge in [-0.2, -0.15) is 0 Å². The molecule has 1 unspecified atom stereocenters. The minimum absolute atomic E-state index is 0.247. The van der Waals surface area contributed by atoms with Gasteiger partial charge in [-0.1, -0.05) is 29.5 Å². The molecule has 27 heavy (non-hydrogen) atoms. The Kier molecular flexibility index (Phi) is 5.82. The van der Waals surface area contributed by atoms with Crippen molar-refractivity contribution in [1.82, 2.24) is 4.98 Å². The van der Waals surface area contributed by atoms with Crippen molar-refractivity contribution < 1.29 is 14.3 Å². The number of rotatable bonds is 5. The number of carbonyl (C=O) groups excluding carboxylic acids is 2. The van der Waals surface area contributed by atoms with Gasteiger partial charge in [-0.3, -0.25) is 14.9 Å². The molecule has 1 N–H and O–H groups in total. The number of carbonyl (C=O) groups is 2. The lowest BCUT2D eigenvalue weighted by molar-refractivity contribution is -0.139. The standard InChI is InChI=1S/C20H20N2O3S2/c1-11-9-12(2)17-16(10-11)27-20(21-17)22-18(23)14-7-5-6-8-15(14)26-13(3)19(24)25-4/h5-10,13H,1-4H3,(H,21,22,23). The first-order valence-electron chi connectivity index (χ1n) is 8.41. The molecule has 0 bridgehead atoms. The molecule has 1 aromatic heterocycles. The number of aryl methyl sites for hydroxylation is 2. The summed E-state index contributed by atoms with van der Waals surface area (Å²) in [6.07, 6.45) is 0. The second kappa shape index (κ2) is 8.10. The van der Waals surface area contributed by atoms with Crippen LogP contribution in [-0.2, 0) is 9.53 Å². The number of hydrogen-bond acceptors (Lipinski definition) is 6. The highest BCUT2D eigenvalue weighted by Gasteiger charge is 2.20. The molecule has 1 atom stereocenters. The van der Waals surface area contributed by atoms with E-state index in [0.717, 1.165) is 20.7 Å². The van der Waals surface area contributed by atoms with Crippen molar-refractivity contribution in [3.05, 3.63) is 53.1 Å². The Hall–Kier alpha value is -2.38. The van der Waals surface area contributed by atoms with Crippen molar-refractivity contribution in [1.29, 1.82) is 0 Å². The normalized spacial score (nSPS) is 12.0. The third-order valence-electron chi connectivity index (χ3n) is 4.02. The zero-order chi connectivity index (χ0) is 19.6. The predicted molar refractivity (Wildman–Crippen MR) is 111 cm³/mol. The molecule has 0 aliphatic heterocycles. The molecule has 0 saturated heterocycles. The maximum Gasteiger partial charge on any atom is 0.318 e. The molecular formula is C20H20N2O3S2. The van der Waals surface area contributed by atoms with Crippen LogP contribution in [0, 0.1) is 13.8 Å². The van der Waals surface area contributed by atoms with E-state index >= 15 is 0 Å². The van der Waals surface area contributed by atoms with Crippen LogP contribution in [0.3, 0.4) is 0 Å². The first-order valence-corrected chi connectivity index (χ1v) is 10.1. The SMILES string of the molecule is COC(=O)C(C)Sc1ccccc1C(=O)Nc1nc2c(C)cc(C)cc2s1. The van der Waals surface area contributed by atoms with E-state index in [1.54, 1.807) is 19.1 Å². The van der Waals surface area contributed by atoms with Crippen molar-refractivity contribution in [2.24, 2.45) is 0 Å². The Morgan fingerprint density at radius 2 is 1.96 bits per heavy atom. The lowest BCUT2D eigenvalue weighted by atomic mass is 10.1. The van der Waals surface area contributed by atoms with E-state index in [9.17, 15) is 9.59 Å². The molecule has 3 rings (SSSR count). The summed E-state index contributed by atoms with van der Waals surface area (Å²) in [5.74, 6) is -0.573. The fraction of sp³-hybridized carbons (Fsp3) is 0.250. The number of benzene rings is 2. The van der Waals surface area contributed by atoms with E-state index in [4.69, 9.17) is 4.74 Å². The highest BCUT2D eigenvalue weighted by molar-refractivity contribution is 8.00. The molecular weight excluding hydrogens is 380 g/mol. The van der Waals surface area contributed by atoms with Crippen molar-refractivity contribution in [2.75, 3.05) is 12.4 Å². The van der Waals surface area contributed by atoms with Crippen LogP contribution in [0.2, 0.25) is 0 Å². The number of hydrogen-bond donors (Lipinski definition) is 1. The van der Waals surface area contributed by atoms with E-state index in [0.29, 0.717) is 10.7 Å². The third-order valence-corrected chi connectivity index (χ3v) is 6.09. The Labute approximate surface area is 166 Å². The zero-order valence-electron chi connectivity index (χ0n) is 15.5. The number of amides is 1. The van der Waals surface area contributed by atoms with Gasteiger partial charge in [0, 0.05) is 4.90 Å². The highest BCUT2D eigenvalue weighted by Crippen LogP contribution is 2.31. The fourth-order valence-electron chi connectivity index (χ4n) is 2.75. The average Bonchev–Trinajstić information content (AvgIpc) is 3.03. The first kappa shape index (κ1) is 19.4. The summed E-state index contributed by atoms with van der Waals surface area (Å²) in [5, 5.41) is 3.04. The molecule has 0 aliphatic rings. The first-order chi connectivity index (χ1) is 12.9. The Bertz CT molecular complexity index is 1010. The van der Waals surface area contributed by atoms with Crippen molar-refractivity contribution >= 4 is 50.3 Å². The van der Waals surface area contributed by atoms with E-state index in [1.165, 1.54) is 35.8 Å². The second-order valence-corrected chi connectivity index (χ2v) is 8.59. The molecule has 0 radical (unpaired) electrons. The fourth-order valence-corrected chi connectivity index (χ4v) is 4.81. The summed E-state index contributed by atoms with van der Waals surface area (Å²) in [7, 11) is 1.36. The molecule has 0 saturated carbocycles. The van der Waals surface area contributed by atoms with Gasteiger partial charge in [-0.05, 0) is 50.1 Å². The van der Waals surface area contributed by atoms with Crippen LogP contribution in [0.5, 0.6) is 0 Å². The highest BCUT2D eigenvalue weighted by atomic mass is 32.2. The summed E-state index contributed by atoms with van der Waals surface area (Å²) in [4.78, 5) is 29.8. The van der Waals surface area contributed by atoms with Crippen molar-refractivity contribution in [3.8, 4) is 0 Å². The number of nitrogens with one attached hydrogen (secondary N) is 1. The number of methoxy groups -OCH3 is 1. The quantitative estimate of drug-likeness (QED) is 0.491. The average molecular weight is 401 g/mol. The molecule has 3 aromatic rings. The Morgan fingerprint density at radius 1 is 1.22 bits per heavy atom. The Balaban J connectivity index is 1.84. The molecule has 0 fully saturated rings. The van der Waals surface area contributed by atoms with Gasteiger partial charge >= 0.3 is 5.97 Å². The summed E-state index contributed by atoms with van der Waals surface area (Å²) >= 11 is 2.75. The Morgan fingerprint density at radius 3 is 2.70 bits per heavy atom. The van der Waals surface area contributed by atoms with Crippen LogP contribution in [0.25, 0.3) is 10.2 Å². The number of thioether (sulfide) groups is 1. The van der Waals surface area contributed by atoms with Gasteiger partial charge in [0.05, 0.1) is 22.9 Å². The number of aromatic nitrogens is 1. The minimum Gasteiger partial charge on any atom is -0.468 e. The number of thiazole rings is 1. The van der Waals surface area contributed by atoms with Crippen LogP contribution in [-0.4, -0.2) is 29.2 Å². The molecule has 1 amide bonds. The number of nitrogens with zero attached hydrogens (tertiary/aromatic N) is 1. The number of fused-ring (bicyclic) bond motifs is 1. The summed E-state index contributed by atoms with van der Waals surface area (Å²) in [6, 6.07) is 11.3. The number of anilines is 1. The second-order valence-electron chi connectivity index (χ2n) is 6.18. The molecule has 140 valence electrons. The van der Waals surface area contributed by atoms with Gasteiger partial charge in [-0.15, -0.1) is 11.8 Å². The van der Waals surface area contributed by atoms with Gasteiger partial charge in [0.25, 0.3) is 5.91 Å². The lowest BCUT2D eigenvalue weighted by Gasteiger charge is -2.12. The van der Waals surface area contributed by atoms with Crippen molar-refractivity contribution in [2.45, 2.75) is 30.9 Å². The summed E-state index contributed by atoms with van der Waals surface area (Å²) in [6.45, 7) is 5.81. The zero-order valence-corrected chi connectivity index (χ0v) is 17.2. The molecule has 7 heteroatoms. The topological polar surface area (TPSA) is 68.3 Å². The summed E-state index contributed by atoms with van der Waals surface area (Å²) < 4.78 is 5.81. The van der Waals surface area contributed by atoms with Gasteiger partial charge < -0.3 is 4.74 Å². The van der Waals surface area contributed by atoms with E-state index in [1.807, 2.05) is 26.0 Å². The van der Waals surface area contributed by atoms with Crippen LogP contribution >= 0.6 is 23.1 Å². The summed E-state index contributed by atoms with van der Waals surface area (Å²) in [5.41, 5.74) is 3.66. The smallest absolute Gasteiger partial charge is 0.318 e. The van der Waals surface area contributed by atoms with E-state index in [2.05, 4.69) is 22.4 Å². The molecule has 5 nitrogen and oxygen atoms in total. The van der Waals surface area contributed by atoms with Gasteiger partial charge in [-0.25, -0.2) is 4.98 Å². The molecule has 0 spiro atoms. The van der Waals surface area contributed by atoms with Crippen molar-refractivity contribution in [3.63, 3.8) is 0 Å². The minimum atomic E-state index is -0.406. The van der Waals surface area contributed by atoms with Crippen LogP contribution in [0.4, 0.5) is 5.13 Å². The van der Waals surface area contributed by atoms with Gasteiger partial charge in [0.2, 0.25) is 0 Å². The lowest BCUT2D eigenvalue weighted by Crippen LogP contribution is -2.17. The number of esters is 1. The third kappa shape index (κ3) is 4.31. The van der Waals surface area contributed by atoms with Crippen LogP contribution in [0.1, 0.15) is 28.4 Å². The molecule has 1 heterocycles. The van der Waals surface area contributed by atoms with Crippen LogP contribution in [0.15, 0.2) is 41.3 Å². The largest absolute Gasteiger partial charge is 0.468 e. The number of ether oxygens (including phenoxy) is 1. The van der Waals surface area contributed by atoms with Gasteiger partial charge in [0.15, 0.2) is 5.13 Å². The van der Waals surface area contributed by atoms with E-state index < -0.39 is 5.25 Å². The molecule has 0 aliphatic carbocycles. The maximum atomic E-state index is 12.8.